The summed E-state index contributed by atoms with van der Waals surface area (Å²) in [4.78, 5) is 16.5. The maximum absolute atomic E-state index is 12.2. The fourth-order valence-electron chi connectivity index (χ4n) is 2.75. The molecule has 7 heteroatoms. The maximum atomic E-state index is 12.2. The number of ether oxygens (including phenoxy) is 2. The van der Waals surface area contributed by atoms with E-state index in [1.807, 2.05) is 31.2 Å². The largest absolute Gasteiger partial charge is 0.486 e. The van der Waals surface area contributed by atoms with Crippen molar-refractivity contribution in [3.63, 3.8) is 0 Å². The van der Waals surface area contributed by atoms with Crippen LogP contribution in [-0.4, -0.2) is 44.2 Å². The predicted octanol–water partition coefficient (Wildman–Crippen LogP) is 2.00. The van der Waals surface area contributed by atoms with Crippen LogP contribution in [0.25, 0.3) is 0 Å². The van der Waals surface area contributed by atoms with Crippen LogP contribution in [0, 0.1) is 12.3 Å². The molecule has 1 atom stereocenters. The summed E-state index contributed by atoms with van der Waals surface area (Å²) in [5.41, 5.74) is 1.35. The average Bonchev–Trinajstić information content (AvgIpc) is 2.75. The number of terminal acetylenes is 1. The molecule has 29 heavy (non-hydrogen) atoms. The number of benzene rings is 2. The van der Waals surface area contributed by atoms with E-state index in [4.69, 9.17) is 15.9 Å². The highest BCUT2D eigenvalue weighted by molar-refractivity contribution is 5.94. The number of carbonyl (C=O) groups is 1. The highest BCUT2D eigenvalue weighted by Crippen LogP contribution is 2.30. The Hall–Kier alpha value is -3.66. The van der Waals surface area contributed by atoms with E-state index in [1.165, 1.54) is 0 Å². The molecule has 0 bridgehead atoms. The minimum absolute atomic E-state index is 0.0273. The Morgan fingerprint density at radius 2 is 2.03 bits per heavy atom. The summed E-state index contributed by atoms with van der Waals surface area (Å²) in [7, 11) is 0. The van der Waals surface area contributed by atoms with Gasteiger partial charge in [0.25, 0.3) is 0 Å². The molecule has 0 fully saturated rings. The summed E-state index contributed by atoms with van der Waals surface area (Å²) in [6, 6.07) is 14.7. The molecule has 150 valence electrons. The number of hydrogen-bond acceptors (Lipinski definition) is 4. The fraction of sp³-hybridized carbons (Fsp3) is 0.273. The van der Waals surface area contributed by atoms with Gasteiger partial charge in [-0.15, -0.1) is 6.42 Å². The minimum atomic E-state index is -0.234. The highest BCUT2D eigenvalue weighted by atomic mass is 16.6. The van der Waals surface area contributed by atoms with Crippen LogP contribution in [-0.2, 0) is 4.79 Å². The lowest BCUT2D eigenvalue weighted by atomic mass is 10.2. The van der Waals surface area contributed by atoms with Crippen molar-refractivity contribution in [1.82, 2.24) is 10.6 Å². The molecule has 1 aliphatic heterocycles. The summed E-state index contributed by atoms with van der Waals surface area (Å²) >= 11 is 0. The SMILES string of the molecule is C#Cc1cccc(NC(=O)CN=C(NCC)NCC2COc3ccccc3O2)c1. The van der Waals surface area contributed by atoms with Crippen molar-refractivity contribution in [2.45, 2.75) is 13.0 Å². The smallest absolute Gasteiger partial charge is 0.246 e. The zero-order chi connectivity index (χ0) is 20.5. The average molecular weight is 392 g/mol. The number of anilines is 1. The van der Waals surface area contributed by atoms with Gasteiger partial charge in [-0.05, 0) is 37.3 Å². The lowest BCUT2D eigenvalue weighted by Crippen LogP contribution is -2.45. The molecule has 0 saturated carbocycles. The normalized spacial score (nSPS) is 15.2. The van der Waals surface area contributed by atoms with Crippen molar-refractivity contribution < 1.29 is 14.3 Å². The Morgan fingerprint density at radius 1 is 1.21 bits per heavy atom. The zero-order valence-electron chi connectivity index (χ0n) is 16.3. The molecule has 0 radical (unpaired) electrons. The number of hydrogen-bond donors (Lipinski definition) is 3. The van der Waals surface area contributed by atoms with Crippen molar-refractivity contribution in [1.29, 1.82) is 0 Å². The molecule has 2 aromatic carbocycles. The van der Waals surface area contributed by atoms with Gasteiger partial charge >= 0.3 is 0 Å². The summed E-state index contributed by atoms with van der Waals surface area (Å²) in [5, 5.41) is 9.09. The third-order valence-corrected chi connectivity index (χ3v) is 4.10. The Labute approximate surface area is 170 Å². The second kappa shape index (κ2) is 10.0. The van der Waals surface area contributed by atoms with Gasteiger partial charge < -0.3 is 25.4 Å². The van der Waals surface area contributed by atoms with Crippen LogP contribution in [0.3, 0.4) is 0 Å². The van der Waals surface area contributed by atoms with E-state index in [9.17, 15) is 4.79 Å². The summed E-state index contributed by atoms with van der Waals surface area (Å²) < 4.78 is 11.6. The number of para-hydroxylation sites is 2. The number of guanidine groups is 1. The summed E-state index contributed by atoms with van der Waals surface area (Å²) in [6.07, 6.45) is 5.22. The quantitative estimate of drug-likeness (QED) is 0.398. The molecule has 0 aromatic heterocycles. The fourth-order valence-corrected chi connectivity index (χ4v) is 2.75. The van der Waals surface area contributed by atoms with Gasteiger partial charge in [0.1, 0.15) is 19.3 Å². The third kappa shape index (κ3) is 5.91. The van der Waals surface area contributed by atoms with Crippen LogP contribution >= 0.6 is 0 Å². The molecule has 3 N–H and O–H groups in total. The highest BCUT2D eigenvalue weighted by Gasteiger charge is 2.20. The first kappa shape index (κ1) is 20.1. The molecule has 1 amide bonds. The van der Waals surface area contributed by atoms with E-state index in [-0.39, 0.29) is 18.6 Å². The number of nitrogens with zero attached hydrogens (tertiary/aromatic N) is 1. The van der Waals surface area contributed by atoms with Crippen LogP contribution in [0.4, 0.5) is 5.69 Å². The van der Waals surface area contributed by atoms with Crippen LogP contribution in [0.15, 0.2) is 53.5 Å². The first-order valence-corrected chi connectivity index (χ1v) is 9.45. The van der Waals surface area contributed by atoms with E-state index < -0.39 is 0 Å². The second-order valence-corrected chi connectivity index (χ2v) is 6.35. The van der Waals surface area contributed by atoms with Crippen LogP contribution < -0.4 is 25.4 Å². The van der Waals surface area contributed by atoms with Crippen LogP contribution in [0.2, 0.25) is 0 Å². The Morgan fingerprint density at radius 3 is 2.83 bits per heavy atom. The van der Waals surface area contributed by atoms with Crippen LogP contribution in [0.5, 0.6) is 11.5 Å². The van der Waals surface area contributed by atoms with Gasteiger partial charge in [-0.25, -0.2) is 4.99 Å². The number of fused-ring (bicyclic) bond motifs is 1. The topological polar surface area (TPSA) is 84.0 Å². The zero-order valence-corrected chi connectivity index (χ0v) is 16.3. The molecule has 0 aliphatic carbocycles. The Balaban J connectivity index is 1.51. The van der Waals surface area contributed by atoms with Gasteiger partial charge in [-0.2, -0.15) is 0 Å². The molecule has 0 spiro atoms. The number of rotatable bonds is 6. The van der Waals surface area contributed by atoms with Gasteiger partial charge in [0.15, 0.2) is 17.5 Å². The van der Waals surface area contributed by atoms with E-state index >= 15 is 0 Å². The number of amides is 1. The first-order valence-electron chi connectivity index (χ1n) is 9.45. The van der Waals surface area contributed by atoms with Crippen molar-refractivity contribution >= 4 is 17.6 Å². The molecule has 2 aromatic rings. The molecular weight excluding hydrogens is 368 g/mol. The molecule has 3 rings (SSSR count). The third-order valence-electron chi connectivity index (χ3n) is 4.10. The van der Waals surface area contributed by atoms with Crippen molar-refractivity contribution in [3.05, 3.63) is 54.1 Å². The second-order valence-electron chi connectivity index (χ2n) is 6.35. The van der Waals surface area contributed by atoms with E-state index in [0.29, 0.717) is 36.9 Å². The van der Waals surface area contributed by atoms with Gasteiger partial charge in [0.05, 0.1) is 6.54 Å². The monoisotopic (exact) mass is 392 g/mol. The number of carbonyl (C=O) groups excluding carboxylic acids is 1. The van der Waals surface area contributed by atoms with Crippen LogP contribution in [0.1, 0.15) is 12.5 Å². The Kier molecular flexibility index (Phi) is 6.95. The lowest BCUT2D eigenvalue weighted by molar-refractivity contribution is -0.114. The van der Waals surface area contributed by atoms with Crippen molar-refractivity contribution in [3.8, 4) is 23.8 Å². The van der Waals surface area contributed by atoms with Gasteiger partial charge in [-0.3, -0.25) is 4.79 Å². The maximum Gasteiger partial charge on any atom is 0.246 e. The van der Waals surface area contributed by atoms with Crippen molar-refractivity contribution in [2.24, 2.45) is 4.99 Å². The standard InChI is InChI=1S/C22H24N4O3/c1-3-16-8-7-9-17(12-16)26-21(27)14-25-22(23-4-2)24-13-18-15-28-19-10-5-6-11-20(19)29-18/h1,5-12,18H,4,13-15H2,2H3,(H,26,27)(H2,23,24,25). The summed E-state index contributed by atoms with van der Waals surface area (Å²) in [6.45, 7) is 3.53. The van der Waals surface area contributed by atoms with Gasteiger partial charge in [0.2, 0.25) is 5.91 Å². The van der Waals surface area contributed by atoms with Crippen molar-refractivity contribution in [2.75, 3.05) is 31.6 Å². The van der Waals surface area contributed by atoms with E-state index in [1.54, 1.807) is 24.3 Å². The number of aliphatic imine (C=N–C) groups is 1. The molecular formula is C22H24N4O3. The molecule has 1 heterocycles. The summed E-state index contributed by atoms with van der Waals surface area (Å²) in [5.74, 6) is 4.31. The molecule has 0 saturated heterocycles. The van der Waals surface area contributed by atoms with Gasteiger partial charge in [0, 0.05) is 17.8 Å². The Bertz CT molecular complexity index is 920. The molecule has 1 aliphatic rings. The first-order chi connectivity index (χ1) is 14.2. The van der Waals surface area contributed by atoms with E-state index in [2.05, 4.69) is 26.9 Å². The minimum Gasteiger partial charge on any atom is -0.486 e. The number of nitrogens with one attached hydrogen (secondary N) is 3. The lowest BCUT2D eigenvalue weighted by Gasteiger charge is -2.27. The molecule has 7 nitrogen and oxygen atoms in total. The molecule has 1 unspecified atom stereocenters. The van der Waals surface area contributed by atoms with E-state index in [0.717, 1.165) is 11.5 Å². The predicted molar refractivity (Wildman–Crippen MR) is 113 cm³/mol. The van der Waals surface area contributed by atoms with Gasteiger partial charge in [-0.1, -0.05) is 24.1 Å².